The molecular weight excluding hydrogens is 486 g/mol. The molecule has 0 bridgehead atoms. The average molecular weight is 517 g/mol. The average Bonchev–Trinajstić information content (AvgIpc) is 3.22. The second-order valence-corrected chi connectivity index (χ2v) is 9.17. The molecule has 190 valence electrons. The molecule has 1 aliphatic carbocycles. The van der Waals surface area contributed by atoms with E-state index in [1.165, 1.54) is 23.8 Å². The van der Waals surface area contributed by atoms with Crippen LogP contribution < -0.4 is 39.4 Å². The van der Waals surface area contributed by atoms with Crippen molar-refractivity contribution >= 4 is 12.0 Å². The molecule has 2 aromatic carbocycles. The summed E-state index contributed by atoms with van der Waals surface area (Å²) in [4.78, 5) is 10.7. The Morgan fingerprint density at radius 2 is 1.92 bits per heavy atom. The van der Waals surface area contributed by atoms with Gasteiger partial charge in [-0.05, 0) is 73.7 Å². The molecule has 1 aromatic heterocycles. The van der Waals surface area contributed by atoms with Crippen LogP contribution in [0.5, 0.6) is 5.75 Å². The van der Waals surface area contributed by atoms with E-state index in [4.69, 9.17) is 9.84 Å². The van der Waals surface area contributed by atoms with E-state index in [-0.39, 0.29) is 47.7 Å². The number of carboxylic acid groups (broad SMARTS) is 1. The second-order valence-electron chi connectivity index (χ2n) is 9.17. The number of hydrogen-bond acceptors (Lipinski definition) is 6. The molecule has 3 aromatic rings. The number of benzene rings is 2. The SMILES string of the molecule is COc1ccc(CC2CCCc3c2nn(-c2ccc(F)cc2)c3/C=C/[C@@H](O)C[C@@H](O)CC(=O)[O-])cc1.[Na+]. The molecule has 1 heterocycles. The van der Waals surface area contributed by atoms with Gasteiger partial charge in [-0.1, -0.05) is 18.2 Å². The van der Waals surface area contributed by atoms with Gasteiger partial charge < -0.3 is 24.9 Å². The summed E-state index contributed by atoms with van der Waals surface area (Å²) in [5.41, 5.74) is 4.71. The van der Waals surface area contributed by atoms with E-state index in [0.717, 1.165) is 48.4 Å². The molecule has 0 aliphatic heterocycles. The van der Waals surface area contributed by atoms with Crippen molar-refractivity contribution in [2.24, 2.45) is 0 Å². The summed E-state index contributed by atoms with van der Waals surface area (Å²) < 4.78 is 20.6. The van der Waals surface area contributed by atoms with Gasteiger partial charge in [0.2, 0.25) is 0 Å². The predicted octanol–water partition coefficient (Wildman–Crippen LogP) is -0.0483. The molecule has 3 atom stereocenters. The third kappa shape index (κ3) is 7.52. The number of aliphatic hydroxyl groups is 2. The smallest absolute Gasteiger partial charge is 0.550 e. The van der Waals surface area contributed by atoms with Crippen LogP contribution in [-0.4, -0.2) is 45.3 Å². The van der Waals surface area contributed by atoms with Gasteiger partial charge in [0, 0.05) is 30.3 Å². The number of halogens is 1. The van der Waals surface area contributed by atoms with Crippen LogP contribution in [0.25, 0.3) is 11.8 Å². The van der Waals surface area contributed by atoms with Crippen molar-refractivity contribution in [1.29, 1.82) is 0 Å². The number of hydrogen-bond donors (Lipinski definition) is 2. The summed E-state index contributed by atoms with van der Waals surface area (Å²) in [6.07, 6.45) is 3.96. The van der Waals surface area contributed by atoms with E-state index in [1.807, 2.05) is 12.1 Å². The zero-order chi connectivity index (χ0) is 25.7. The second kappa shape index (κ2) is 13.3. The maximum Gasteiger partial charge on any atom is 1.00 e. The molecule has 0 amide bonds. The Morgan fingerprint density at radius 3 is 2.57 bits per heavy atom. The fraction of sp³-hybridized carbons (Fsp3) is 0.357. The van der Waals surface area contributed by atoms with Crippen LogP contribution in [0.1, 0.15) is 54.1 Å². The van der Waals surface area contributed by atoms with Gasteiger partial charge in [-0.25, -0.2) is 9.07 Å². The third-order valence-electron chi connectivity index (χ3n) is 6.52. The standard InChI is InChI=1S/C28H31FN2O5.Na/c1-36-24-12-5-18(6-13-24)15-19-3-2-4-25-26(14-11-22(32)16-23(33)17-27(34)35)31(30-28(19)25)21-9-7-20(29)8-10-21;/h5-14,19,22-23,32-33H,2-4,15-17H2,1H3,(H,34,35);/q;+1/p-1/b14-11+;/t19?,22-,23-;/m1./s1. The zero-order valence-corrected chi connectivity index (χ0v) is 23.1. The number of fused-ring (bicyclic) bond motifs is 1. The first-order valence-corrected chi connectivity index (χ1v) is 12.1. The number of aromatic nitrogens is 2. The van der Waals surface area contributed by atoms with Crippen LogP contribution in [0.15, 0.2) is 54.6 Å². The molecule has 7 nitrogen and oxygen atoms in total. The summed E-state index contributed by atoms with van der Waals surface area (Å²) in [5, 5.41) is 35.8. The molecule has 4 rings (SSSR count). The number of methoxy groups -OCH3 is 1. The minimum absolute atomic E-state index is 0. The van der Waals surface area contributed by atoms with Gasteiger partial charge in [0.15, 0.2) is 0 Å². The zero-order valence-electron chi connectivity index (χ0n) is 21.1. The van der Waals surface area contributed by atoms with Crippen molar-refractivity contribution in [3.05, 3.63) is 82.9 Å². The van der Waals surface area contributed by atoms with E-state index < -0.39 is 24.6 Å². The van der Waals surface area contributed by atoms with Gasteiger partial charge in [0.05, 0.1) is 36.4 Å². The van der Waals surface area contributed by atoms with Gasteiger partial charge in [0.1, 0.15) is 11.6 Å². The first-order valence-electron chi connectivity index (χ1n) is 12.1. The number of ether oxygens (including phenoxy) is 1. The number of nitrogens with zero attached hydrogens (tertiary/aromatic N) is 2. The molecular formula is C28H30FN2NaO5. The van der Waals surface area contributed by atoms with Crippen molar-refractivity contribution in [3.63, 3.8) is 0 Å². The molecule has 0 saturated carbocycles. The van der Waals surface area contributed by atoms with Gasteiger partial charge in [-0.2, -0.15) is 5.10 Å². The van der Waals surface area contributed by atoms with Gasteiger partial charge in [-0.3, -0.25) is 0 Å². The van der Waals surface area contributed by atoms with E-state index >= 15 is 0 Å². The quantitative estimate of drug-likeness (QED) is 0.366. The number of aliphatic hydroxyl groups excluding tert-OH is 2. The Bertz CT molecular complexity index is 1210. The maximum absolute atomic E-state index is 13.6. The van der Waals surface area contributed by atoms with Crippen LogP contribution in [0.4, 0.5) is 4.39 Å². The van der Waals surface area contributed by atoms with Crippen LogP contribution in [-0.2, 0) is 17.6 Å². The van der Waals surface area contributed by atoms with E-state index in [9.17, 15) is 24.5 Å². The van der Waals surface area contributed by atoms with Crippen molar-refractivity contribution < 1.29 is 58.8 Å². The summed E-state index contributed by atoms with van der Waals surface area (Å²) in [7, 11) is 1.64. The number of carbonyl (C=O) groups is 1. The van der Waals surface area contributed by atoms with Crippen LogP contribution in [0, 0.1) is 5.82 Å². The number of aliphatic carboxylic acids is 1. The van der Waals surface area contributed by atoms with Crippen molar-refractivity contribution in [3.8, 4) is 11.4 Å². The van der Waals surface area contributed by atoms with E-state index in [2.05, 4.69) is 12.1 Å². The monoisotopic (exact) mass is 516 g/mol. The van der Waals surface area contributed by atoms with Crippen molar-refractivity contribution in [2.75, 3.05) is 7.11 Å². The number of rotatable bonds is 10. The molecule has 0 saturated heterocycles. The van der Waals surface area contributed by atoms with Crippen molar-refractivity contribution in [2.45, 2.75) is 56.7 Å². The molecule has 0 radical (unpaired) electrons. The first kappa shape index (κ1) is 29.1. The molecule has 2 N–H and O–H groups in total. The molecule has 9 heteroatoms. The number of carbonyl (C=O) groups excluding carboxylic acids is 1. The summed E-state index contributed by atoms with van der Waals surface area (Å²) in [6, 6.07) is 14.1. The third-order valence-corrected chi connectivity index (χ3v) is 6.52. The van der Waals surface area contributed by atoms with Gasteiger partial charge in [0.25, 0.3) is 0 Å². The summed E-state index contributed by atoms with van der Waals surface area (Å²) in [5.74, 6) is -0.710. The van der Waals surface area contributed by atoms with Crippen LogP contribution in [0.3, 0.4) is 0 Å². The summed E-state index contributed by atoms with van der Waals surface area (Å²) >= 11 is 0. The van der Waals surface area contributed by atoms with Crippen LogP contribution >= 0.6 is 0 Å². The Hall–Kier alpha value is -2.49. The van der Waals surface area contributed by atoms with Gasteiger partial charge >= 0.3 is 29.6 Å². The van der Waals surface area contributed by atoms with E-state index in [0.29, 0.717) is 5.69 Å². The minimum atomic E-state index is -1.37. The molecule has 1 unspecified atom stereocenters. The topological polar surface area (TPSA) is 108 Å². The number of carboxylic acids is 1. The predicted molar refractivity (Wildman–Crippen MR) is 131 cm³/mol. The summed E-state index contributed by atoms with van der Waals surface area (Å²) in [6.45, 7) is 0. The normalized spacial score (nSPS) is 16.6. The van der Waals surface area contributed by atoms with Crippen molar-refractivity contribution in [1.82, 2.24) is 9.78 Å². The molecule has 37 heavy (non-hydrogen) atoms. The van der Waals surface area contributed by atoms with Gasteiger partial charge in [-0.15, -0.1) is 0 Å². The van der Waals surface area contributed by atoms with Crippen LogP contribution in [0.2, 0.25) is 0 Å². The van der Waals surface area contributed by atoms with E-state index in [1.54, 1.807) is 30.0 Å². The fourth-order valence-electron chi connectivity index (χ4n) is 4.76. The Morgan fingerprint density at radius 1 is 1.22 bits per heavy atom. The minimum Gasteiger partial charge on any atom is -0.550 e. The fourth-order valence-corrected chi connectivity index (χ4v) is 4.76. The maximum atomic E-state index is 13.6. The Labute approximate surface area is 237 Å². The Balaban J connectivity index is 0.00000380. The first-order chi connectivity index (χ1) is 17.3. The molecule has 0 fully saturated rings. The molecule has 0 spiro atoms. The Kier molecular flexibility index (Phi) is 10.5. The largest absolute Gasteiger partial charge is 1.00 e. The molecule has 1 aliphatic rings.